The van der Waals surface area contributed by atoms with Crippen molar-refractivity contribution < 1.29 is 0 Å². The summed E-state index contributed by atoms with van der Waals surface area (Å²) < 4.78 is 0. The Balaban J connectivity index is 0.580. The quantitative estimate of drug-likeness (QED) is 0.151. The maximum Gasteiger partial charge on any atom is 0.164 e. The third-order valence-electron chi connectivity index (χ3n) is 23.8. The van der Waals surface area contributed by atoms with Crippen LogP contribution in [0.5, 0.6) is 0 Å². The molecule has 106 heavy (non-hydrogen) atoms. The summed E-state index contributed by atoms with van der Waals surface area (Å²) in [5, 5.41) is 0. The van der Waals surface area contributed by atoms with Crippen molar-refractivity contribution in [2.45, 2.75) is 22.7 Å². The van der Waals surface area contributed by atoms with Crippen molar-refractivity contribution >= 4 is 0 Å². The molecule has 490 valence electrons. The molecular formula is C100H60N6. The van der Waals surface area contributed by atoms with Crippen LogP contribution in [0, 0.1) is 0 Å². The molecule has 2 heterocycles. The number of hydrogen-bond donors (Lipinski definition) is 0. The molecule has 6 nitrogen and oxygen atoms in total. The molecule has 2 spiro atoms. The van der Waals surface area contributed by atoms with E-state index in [1.54, 1.807) is 0 Å². The van der Waals surface area contributed by atoms with Crippen LogP contribution in [0.2, 0.25) is 0 Å². The lowest BCUT2D eigenvalue weighted by atomic mass is 9.61. The van der Waals surface area contributed by atoms with Crippen LogP contribution >= 0.6 is 0 Å². The van der Waals surface area contributed by atoms with E-state index in [0.717, 1.165) is 55.6 Å². The minimum Gasteiger partial charge on any atom is -0.208 e. The van der Waals surface area contributed by atoms with E-state index in [1.807, 2.05) is 36.4 Å². The van der Waals surface area contributed by atoms with E-state index in [-0.39, 0.29) is 22.7 Å². The number of hydrogen-bond acceptors (Lipinski definition) is 6. The van der Waals surface area contributed by atoms with Crippen molar-refractivity contribution in [3.05, 3.63) is 430 Å². The molecule has 0 fully saturated rings. The van der Waals surface area contributed by atoms with Crippen LogP contribution in [0.3, 0.4) is 0 Å². The van der Waals surface area contributed by atoms with Crippen molar-refractivity contribution in [1.82, 2.24) is 29.9 Å². The molecule has 0 amide bonds. The average Bonchev–Trinajstić information content (AvgIpc) is 1.52. The van der Waals surface area contributed by atoms with Crippen LogP contribution in [0.25, 0.3) is 135 Å². The lowest BCUT2D eigenvalue weighted by molar-refractivity contribution is 0.754. The Morgan fingerprint density at radius 2 is 0.377 bits per heavy atom. The molecule has 24 rings (SSSR count). The Kier molecular flexibility index (Phi) is 12.5. The summed E-state index contributed by atoms with van der Waals surface area (Å²) in [7, 11) is 0. The summed E-state index contributed by atoms with van der Waals surface area (Å²) in [6.07, 6.45) is 0. The van der Waals surface area contributed by atoms with E-state index in [2.05, 4.69) is 315 Å². The first-order valence-electron chi connectivity index (χ1n) is 36.6. The number of nitrogens with zero attached hydrogens (tertiary/aromatic N) is 6. The monoisotopic (exact) mass is 1340 g/mol. The number of aromatic nitrogens is 6. The van der Waals surface area contributed by atoms with Crippen LogP contribution in [-0.4, -0.2) is 29.9 Å². The molecule has 0 radical (unpaired) electrons. The van der Waals surface area contributed by atoms with E-state index in [1.165, 1.54) is 122 Å². The van der Waals surface area contributed by atoms with E-state index >= 15 is 0 Å². The van der Waals surface area contributed by atoms with Gasteiger partial charge in [-0.15, -0.1) is 0 Å². The maximum absolute atomic E-state index is 5.37. The highest BCUT2D eigenvalue weighted by molar-refractivity contribution is 5.98. The lowest BCUT2D eigenvalue weighted by Crippen LogP contribution is -2.27. The molecule has 0 saturated heterocycles. The van der Waals surface area contributed by atoms with Gasteiger partial charge in [-0.2, -0.15) is 0 Å². The minimum absolute atomic E-state index is 0.0318. The summed E-state index contributed by atoms with van der Waals surface area (Å²) in [4.78, 5) is 31.8. The highest BCUT2D eigenvalue weighted by atomic mass is 15.0. The van der Waals surface area contributed by atoms with Gasteiger partial charge in [-0.3, -0.25) is 0 Å². The first-order chi connectivity index (χ1) is 52.5. The third-order valence-corrected chi connectivity index (χ3v) is 23.8. The molecule has 2 aromatic heterocycles. The number of benzene rings is 15. The Bertz CT molecular complexity index is 6110. The molecule has 2 bridgehead atoms. The second kappa shape index (κ2) is 22.4. The molecule has 0 aliphatic heterocycles. The Labute approximate surface area is 613 Å². The first-order valence-corrected chi connectivity index (χ1v) is 36.6. The van der Waals surface area contributed by atoms with Gasteiger partial charge in [0.05, 0.1) is 10.8 Å². The standard InChI is InChI=1S/C100H60N6/c1-3-21-61(22-4-1)93-101-95(63-43-39-59(40-44-63)65-49-53-89-79(55-65)73-29-13-19-37-87(73)99(89)83-33-15-9-25-69(83)70-26-10-16-34-84(70)99)105-97(103-93)67-47-51-77-81(57-67)91-75-31-7-8-32-76(75)92(77)82-58-68(48-52-78(82)91)98-104-94(62-23-5-2-6-24-62)102-96(106-98)64-45-41-60(42-46-64)66-50-54-90-80(56-66)74-30-14-20-38-88(74)100(90)85-35-17-11-27-71(85)72-28-12-18-36-86(72)100/h1-58,91-92H. The third kappa shape index (κ3) is 8.26. The summed E-state index contributed by atoms with van der Waals surface area (Å²) in [5.41, 5.74) is 38.1. The molecule has 6 heteroatoms. The average molecular weight is 1350 g/mol. The van der Waals surface area contributed by atoms with Gasteiger partial charge >= 0.3 is 0 Å². The minimum atomic E-state index is -0.385. The van der Waals surface area contributed by atoms with Gasteiger partial charge < -0.3 is 0 Å². The summed E-state index contributed by atoms with van der Waals surface area (Å²) in [6, 6.07) is 129. The largest absolute Gasteiger partial charge is 0.208 e. The fourth-order valence-electron chi connectivity index (χ4n) is 19.4. The fraction of sp³-hybridized carbons (Fsp3) is 0.0400. The van der Waals surface area contributed by atoms with Gasteiger partial charge in [0, 0.05) is 45.2 Å². The van der Waals surface area contributed by atoms with Gasteiger partial charge in [-0.25, -0.2) is 29.9 Å². The van der Waals surface area contributed by atoms with Gasteiger partial charge in [0.15, 0.2) is 34.9 Å². The van der Waals surface area contributed by atoms with Gasteiger partial charge in [0.25, 0.3) is 0 Å². The smallest absolute Gasteiger partial charge is 0.164 e. The zero-order valence-corrected chi connectivity index (χ0v) is 57.3. The van der Waals surface area contributed by atoms with E-state index < -0.39 is 0 Å². The van der Waals surface area contributed by atoms with Crippen LogP contribution in [-0.2, 0) is 10.8 Å². The van der Waals surface area contributed by atoms with Crippen molar-refractivity contribution in [3.8, 4) is 135 Å². The normalized spacial score (nSPS) is 15.1. The van der Waals surface area contributed by atoms with Crippen molar-refractivity contribution in [3.63, 3.8) is 0 Å². The second-order valence-electron chi connectivity index (χ2n) is 29.0. The predicted octanol–water partition coefficient (Wildman–Crippen LogP) is 23.1. The number of fused-ring (bicyclic) bond motifs is 20. The molecule has 0 saturated carbocycles. The van der Waals surface area contributed by atoms with E-state index in [4.69, 9.17) is 29.9 Å². The summed E-state index contributed by atoms with van der Waals surface area (Å²) in [5.74, 6) is 3.68. The van der Waals surface area contributed by atoms with Crippen molar-refractivity contribution in [2.24, 2.45) is 0 Å². The fourth-order valence-corrected chi connectivity index (χ4v) is 19.4. The van der Waals surface area contributed by atoms with Crippen LogP contribution in [0.4, 0.5) is 0 Å². The molecule has 2 unspecified atom stereocenters. The predicted molar refractivity (Wildman–Crippen MR) is 424 cm³/mol. The lowest BCUT2D eigenvalue weighted by Gasteiger charge is -2.42. The van der Waals surface area contributed by atoms with Crippen molar-refractivity contribution in [2.75, 3.05) is 0 Å². The molecule has 15 aromatic carbocycles. The Hall–Kier alpha value is -13.7. The van der Waals surface area contributed by atoms with Gasteiger partial charge in [-0.05, 0) is 169 Å². The first kappa shape index (κ1) is 58.9. The summed E-state index contributed by atoms with van der Waals surface area (Å²) in [6.45, 7) is 0. The van der Waals surface area contributed by atoms with Crippen molar-refractivity contribution in [1.29, 1.82) is 0 Å². The molecule has 0 N–H and O–H groups in total. The van der Waals surface area contributed by atoms with E-state index in [0.29, 0.717) is 34.9 Å². The maximum atomic E-state index is 5.37. The topological polar surface area (TPSA) is 77.3 Å². The zero-order valence-electron chi connectivity index (χ0n) is 57.3. The van der Waals surface area contributed by atoms with Gasteiger partial charge in [-0.1, -0.05) is 328 Å². The molecule has 7 aliphatic carbocycles. The molecular weight excluding hydrogens is 1290 g/mol. The van der Waals surface area contributed by atoms with Crippen LogP contribution in [0.1, 0.15) is 89.7 Å². The Morgan fingerprint density at radius 1 is 0.151 bits per heavy atom. The van der Waals surface area contributed by atoms with Crippen LogP contribution < -0.4 is 0 Å². The molecule has 7 aliphatic rings. The molecule has 17 aromatic rings. The highest BCUT2D eigenvalue weighted by Gasteiger charge is 2.53. The second-order valence-corrected chi connectivity index (χ2v) is 29.0. The molecule has 2 atom stereocenters. The summed E-state index contributed by atoms with van der Waals surface area (Å²) >= 11 is 0. The highest BCUT2D eigenvalue weighted by Crippen LogP contribution is 2.65. The SMILES string of the molecule is c1ccc(-c2nc(-c3ccc(-c4ccc5c(c4)-c4ccccc4C54c5ccccc5-c5ccccc54)cc3)nc(-c3ccc4c(c3)C3c5ccccc5C4c4cc(-c5nc(-c6ccccc6)nc(-c6ccc(-c7ccc8c(c7)-c7ccccc7C87c8ccccc8-c8ccccc87)cc6)n5)ccc43)n2)cc1. The Morgan fingerprint density at radius 3 is 0.708 bits per heavy atom. The number of rotatable bonds is 8. The zero-order chi connectivity index (χ0) is 69.3. The van der Waals surface area contributed by atoms with Gasteiger partial charge in [0.2, 0.25) is 0 Å². The van der Waals surface area contributed by atoms with Gasteiger partial charge in [0.1, 0.15) is 0 Å². The van der Waals surface area contributed by atoms with Crippen LogP contribution in [0.15, 0.2) is 352 Å². The van der Waals surface area contributed by atoms with E-state index in [9.17, 15) is 0 Å².